The van der Waals surface area contributed by atoms with Crippen LogP contribution >= 0.6 is 0 Å². The van der Waals surface area contributed by atoms with Gasteiger partial charge in [0.25, 0.3) is 0 Å². The molecule has 0 nitrogen and oxygen atoms in total. The molecule has 0 unspecified atom stereocenters. The lowest BCUT2D eigenvalue weighted by Crippen LogP contribution is -1.93. The Labute approximate surface area is 82.0 Å². The molecule has 0 fully saturated rings. The maximum atomic E-state index is 3.36. The average Bonchev–Trinajstić information content (AvgIpc) is 2.17. The van der Waals surface area contributed by atoms with Crippen molar-refractivity contribution in [2.24, 2.45) is 0 Å². The Morgan fingerprint density at radius 3 is 2.69 bits per heavy atom. The van der Waals surface area contributed by atoms with Gasteiger partial charge in [-0.05, 0) is 36.5 Å². The molecular formula is C13H19. The third kappa shape index (κ3) is 3.22. The molecule has 0 amide bonds. The van der Waals surface area contributed by atoms with Gasteiger partial charge in [0.2, 0.25) is 0 Å². The molecule has 0 aliphatic heterocycles. The van der Waals surface area contributed by atoms with E-state index in [2.05, 4.69) is 32.0 Å². The highest BCUT2D eigenvalue weighted by molar-refractivity contribution is 5.26. The largest absolute Gasteiger partial charge is 0.0654 e. The molecule has 0 spiro atoms. The Kier molecular flexibility index (Phi) is 4.59. The summed E-state index contributed by atoms with van der Waals surface area (Å²) in [5, 5.41) is 0. The van der Waals surface area contributed by atoms with Crippen LogP contribution in [0, 0.1) is 6.07 Å². The number of benzene rings is 1. The molecule has 0 saturated heterocycles. The van der Waals surface area contributed by atoms with Gasteiger partial charge in [-0.2, -0.15) is 0 Å². The molecule has 1 aromatic rings. The predicted molar refractivity (Wildman–Crippen MR) is 57.9 cm³/mol. The summed E-state index contributed by atoms with van der Waals surface area (Å²) in [5.41, 5.74) is 2.93. The smallest absolute Gasteiger partial charge is 0.0146 e. The molecule has 0 heterocycles. The zero-order valence-electron chi connectivity index (χ0n) is 8.77. The van der Waals surface area contributed by atoms with Crippen molar-refractivity contribution in [3.05, 3.63) is 35.4 Å². The maximum absolute atomic E-state index is 3.36. The molecule has 13 heavy (non-hydrogen) atoms. The highest BCUT2D eigenvalue weighted by Crippen LogP contribution is 2.13. The third-order valence-electron chi connectivity index (χ3n) is 2.34. The maximum Gasteiger partial charge on any atom is -0.0146 e. The van der Waals surface area contributed by atoms with Crippen LogP contribution < -0.4 is 0 Å². The van der Waals surface area contributed by atoms with Crippen LogP contribution in [0.3, 0.4) is 0 Å². The van der Waals surface area contributed by atoms with Crippen molar-refractivity contribution >= 4 is 0 Å². The summed E-state index contributed by atoms with van der Waals surface area (Å²) in [7, 11) is 0. The van der Waals surface area contributed by atoms with E-state index in [0.29, 0.717) is 0 Å². The minimum Gasteiger partial charge on any atom is -0.0654 e. The quantitative estimate of drug-likeness (QED) is 0.639. The van der Waals surface area contributed by atoms with Crippen molar-refractivity contribution in [2.75, 3.05) is 0 Å². The summed E-state index contributed by atoms with van der Waals surface area (Å²) in [6, 6.07) is 9.73. The van der Waals surface area contributed by atoms with Crippen molar-refractivity contribution < 1.29 is 0 Å². The molecule has 0 bridgehead atoms. The lowest BCUT2D eigenvalue weighted by atomic mass is 9.99. The number of hydrogen-bond acceptors (Lipinski definition) is 0. The van der Waals surface area contributed by atoms with Gasteiger partial charge in [0.05, 0.1) is 0 Å². The molecule has 71 valence electrons. The van der Waals surface area contributed by atoms with E-state index < -0.39 is 0 Å². The Bertz CT molecular complexity index is 238. The van der Waals surface area contributed by atoms with Crippen molar-refractivity contribution in [3.63, 3.8) is 0 Å². The minimum atomic E-state index is 1.20. The molecule has 0 aromatic heterocycles. The lowest BCUT2D eigenvalue weighted by molar-refractivity contribution is 0.779. The van der Waals surface area contributed by atoms with E-state index in [1.54, 1.807) is 0 Å². The van der Waals surface area contributed by atoms with Crippen LogP contribution in [0.25, 0.3) is 0 Å². The second-order valence-electron chi connectivity index (χ2n) is 3.53. The minimum absolute atomic E-state index is 1.20. The van der Waals surface area contributed by atoms with Crippen molar-refractivity contribution in [1.82, 2.24) is 0 Å². The molecule has 1 aromatic carbocycles. The molecule has 0 aliphatic carbocycles. The summed E-state index contributed by atoms with van der Waals surface area (Å²) < 4.78 is 0. The van der Waals surface area contributed by atoms with Gasteiger partial charge < -0.3 is 0 Å². The number of hydrogen-bond donors (Lipinski definition) is 0. The fraction of sp³-hybridized carbons (Fsp3) is 0.538. The van der Waals surface area contributed by atoms with Crippen LogP contribution in [0.15, 0.2) is 18.2 Å². The first-order chi connectivity index (χ1) is 6.38. The van der Waals surface area contributed by atoms with E-state index in [-0.39, 0.29) is 0 Å². The molecule has 0 aliphatic rings. The van der Waals surface area contributed by atoms with Crippen LogP contribution in [0.4, 0.5) is 0 Å². The normalized spacial score (nSPS) is 10.3. The van der Waals surface area contributed by atoms with Gasteiger partial charge in [0.15, 0.2) is 0 Å². The Hall–Kier alpha value is -0.780. The summed E-state index contributed by atoms with van der Waals surface area (Å²) in [6.07, 6.45) is 6.20. The Morgan fingerprint density at radius 2 is 2.00 bits per heavy atom. The SMILES string of the molecule is CCCCc1[c]cccc1CCC. The van der Waals surface area contributed by atoms with Gasteiger partial charge in [0, 0.05) is 0 Å². The number of unbranched alkanes of at least 4 members (excludes halogenated alkanes) is 1. The highest BCUT2D eigenvalue weighted by Gasteiger charge is 1.99. The van der Waals surface area contributed by atoms with Gasteiger partial charge in [-0.15, -0.1) is 0 Å². The first kappa shape index (κ1) is 10.3. The van der Waals surface area contributed by atoms with Gasteiger partial charge in [-0.1, -0.05) is 44.9 Å². The summed E-state index contributed by atoms with van der Waals surface area (Å²) >= 11 is 0. The van der Waals surface area contributed by atoms with E-state index >= 15 is 0 Å². The van der Waals surface area contributed by atoms with Crippen molar-refractivity contribution in [2.45, 2.75) is 46.0 Å². The summed E-state index contributed by atoms with van der Waals surface area (Å²) in [4.78, 5) is 0. The number of rotatable bonds is 5. The standard InChI is InChI=1S/C13H19/c1-3-5-9-13-11-7-6-10-12(13)8-4-2/h6-7,10H,3-5,8-9H2,1-2H3. The van der Waals surface area contributed by atoms with Crippen molar-refractivity contribution in [3.8, 4) is 0 Å². The van der Waals surface area contributed by atoms with E-state index in [9.17, 15) is 0 Å². The fourth-order valence-electron chi connectivity index (χ4n) is 1.60. The average molecular weight is 175 g/mol. The van der Waals surface area contributed by atoms with E-state index in [0.717, 1.165) is 0 Å². The van der Waals surface area contributed by atoms with Crippen molar-refractivity contribution in [1.29, 1.82) is 0 Å². The highest BCUT2D eigenvalue weighted by atomic mass is 14.0. The molecular weight excluding hydrogens is 156 g/mol. The Balaban J connectivity index is 2.66. The fourth-order valence-corrected chi connectivity index (χ4v) is 1.60. The van der Waals surface area contributed by atoms with Crippen LogP contribution in [0.2, 0.25) is 0 Å². The van der Waals surface area contributed by atoms with E-state index in [1.165, 1.54) is 43.2 Å². The van der Waals surface area contributed by atoms with Crippen LogP contribution in [-0.4, -0.2) is 0 Å². The van der Waals surface area contributed by atoms with E-state index in [1.807, 2.05) is 6.07 Å². The molecule has 0 N–H and O–H groups in total. The molecule has 0 atom stereocenters. The zero-order chi connectivity index (χ0) is 9.52. The van der Waals surface area contributed by atoms with Crippen LogP contribution in [0.1, 0.15) is 44.2 Å². The lowest BCUT2D eigenvalue weighted by Gasteiger charge is -2.06. The first-order valence-electron chi connectivity index (χ1n) is 5.37. The van der Waals surface area contributed by atoms with Gasteiger partial charge in [0.1, 0.15) is 0 Å². The predicted octanol–water partition coefficient (Wildman–Crippen LogP) is 3.78. The second kappa shape index (κ2) is 5.80. The second-order valence-corrected chi connectivity index (χ2v) is 3.53. The van der Waals surface area contributed by atoms with Crippen LogP contribution in [-0.2, 0) is 12.8 Å². The summed E-state index contributed by atoms with van der Waals surface area (Å²) in [5.74, 6) is 0. The first-order valence-corrected chi connectivity index (χ1v) is 5.37. The zero-order valence-corrected chi connectivity index (χ0v) is 8.77. The third-order valence-corrected chi connectivity index (χ3v) is 2.34. The molecule has 1 rings (SSSR count). The van der Waals surface area contributed by atoms with Crippen LogP contribution in [0.5, 0.6) is 0 Å². The van der Waals surface area contributed by atoms with Gasteiger partial charge in [-0.3, -0.25) is 0 Å². The number of aryl methyl sites for hydroxylation is 2. The van der Waals surface area contributed by atoms with Gasteiger partial charge in [-0.25, -0.2) is 0 Å². The summed E-state index contributed by atoms with van der Waals surface area (Å²) in [6.45, 7) is 4.47. The topological polar surface area (TPSA) is 0 Å². The molecule has 0 saturated carbocycles. The monoisotopic (exact) mass is 175 g/mol. The van der Waals surface area contributed by atoms with Gasteiger partial charge >= 0.3 is 0 Å². The van der Waals surface area contributed by atoms with E-state index in [4.69, 9.17) is 0 Å². The Morgan fingerprint density at radius 1 is 1.15 bits per heavy atom. The molecule has 1 radical (unpaired) electrons. The molecule has 0 heteroatoms.